The number of pyridine rings is 1. The minimum absolute atomic E-state index is 0.176. The second-order valence-electron chi connectivity index (χ2n) is 6.03. The lowest BCUT2D eigenvalue weighted by molar-refractivity contribution is -0.387. The van der Waals surface area contributed by atoms with Crippen molar-refractivity contribution in [3.05, 3.63) is 81.8 Å². The molecule has 1 atom stereocenters. The minimum atomic E-state index is -1.36. The number of para-hydroxylation sites is 1. The van der Waals surface area contributed by atoms with E-state index in [9.17, 15) is 29.2 Å². The molecule has 0 fully saturated rings. The zero-order chi connectivity index (χ0) is 20.3. The summed E-state index contributed by atoms with van der Waals surface area (Å²) in [6.07, 6.45) is 1.09. The molecule has 2 aromatic carbocycles. The quantitative estimate of drug-likeness (QED) is 0.498. The number of carbonyl (C=O) groups is 2. The molecule has 0 radical (unpaired) electrons. The molecule has 0 bridgehead atoms. The number of rotatable bonds is 6. The molecule has 0 aliphatic rings. The largest absolute Gasteiger partial charge is 0.480 e. The summed E-state index contributed by atoms with van der Waals surface area (Å²) in [6, 6.07) is 10.4. The van der Waals surface area contributed by atoms with E-state index < -0.39 is 34.3 Å². The monoisotopic (exact) mass is 383 g/mol. The molecule has 1 aromatic heterocycles. The van der Waals surface area contributed by atoms with Gasteiger partial charge in [-0.05, 0) is 23.8 Å². The van der Waals surface area contributed by atoms with Crippen molar-refractivity contribution in [3.63, 3.8) is 0 Å². The average Bonchev–Trinajstić information content (AvgIpc) is 2.68. The van der Waals surface area contributed by atoms with E-state index >= 15 is 0 Å². The molecular formula is C19H14FN3O5. The Labute approximate surface area is 157 Å². The maximum atomic E-state index is 13.4. The van der Waals surface area contributed by atoms with Crippen LogP contribution in [0.25, 0.3) is 10.9 Å². The van der Waals surface area contributed by atoms with Crippen LogP contribution in [-0.2, 0) is 11.2 Å². The summed E-state index contributed by atoms with van der Waals surface area (Å²) in [4.78, 5) is 38.1. The number of aliphatic carboxylic acids is 1. The number of hydrogen-bond acceptors (Lipinski definition) is 5. The summed E-state index contributed by atoms with van der Waals surface area (Å²) in [6.45, 7) is 0. The van der Waals surface area contributed by atoms with Crippen LogP contribution in [0, 0.1) is 15.9 Å². The van der Waals surface area contributed by atoms with Gasteiger partial charge in [-0.3, -0.25) is 19.9 Å². The molecule has 8 nitrogen and oxygen atoms in total. The van der Waals surface area contributed by atoms with Crippen molar-refractivity contribution in [2.24, 2.45) is 0 Å². The van der Waals surface area contributed by atoms with Gasteiger partial charge in [0.15, 0.2) is 0 Å². The van der Waals surface area contributed by atoms with E-state index in [1.807, 2.05) is 0 Å². The summed E-state index contributed by atoms with van der Waals surface area (Å²) >= 11 is 0. The highest BCUT2D eigenvalue weighted by Crippen LogP contribution is 2.20. The highest BCUT2D eigenvalue weighted by Gasteiger charge is 2.23. The molecule has 3 rings (SSSR count). The maximum absolute atomic E-state index is 13.4. The Morgan fingerprint density at radius 1 is 1.21 bits per heavy atom. The van der Waals surface area contributed by atoms with Gasteiger partial charge in [-0.2, -0.15) is 4.39 Å². The number of carbonyl (C=O) groups excluding carboxylic acids is 1. The lowest BCUT2D eigenvalue weighted by atomic mass is 10.0. The van der Waals surface area contributed by atoms with Crippen molar-refractivity contribution >= 4 is 28.5 Å². The van der Waals surface area contributed by atoms with Crippen LogP contribution < -0.4 is 5.32 Å². The van der Waals surface area contributed by atoms with E-state index in [0.717, 1.165) is 17.5 Å². The van der Waals surface area contributed by atoms with Crippen molar-refractivity contribution < 1.29 is 24.0 Å². The summed E-state index contributed by atoms with van der Waals surface area (Å²) in [5, 5.41) is 23.3. The van der Waals surface area contributed by atoms with Crippen molar-refractivity contribution in [3.8, 4) is 0 Å². The Kier molecular flexibility index (Phi) is 5.25. The predicted molar refractivity (Wildman–Crippen MR) is 97.4 cm³/mol. The third-order valence-electron chi connectivity index (χ3n) is 4.10. The second-order valence-corrected chi connectivity index (χ2v) is 6.03. The number of nitro groups is 1. The summed E-state index contributed by atoms with van der Waals surface area (Å²) in [7, 11) is 0. The van der Waals surface area contributed by atoms with Crippen LogP contribution in [0.5, 0.6) is 0 Å². The van der Waals surface area contributed by atoms with Gasteiger partial charge >= 0.3 is 11.7 Å². The van der Waals surface area contributed by atoms with E-state index in [1.54, 1.807) is 30.3 Å². The standard InChI is InChI=1S/C19H14FN3O5/c20-14-6-5-11(8-17(14)23(27)28)7-16(19(25)26)22-18(24)13-9-12-3-1-2-4-15(12)21-10-13/h1-6,8-10,16H,7H2,(H,22,24)(H,25,26)/t16-/m0/s1. The van der Waals surface area contributed by atoms with Gasteiger partial charge in [-0.25, -0.2) is 4.79 Å². The fourth-order valence-corrected chi connectivity index (χ4v) is 2.70. The fourth-order valence-electron chi connectivity index (χ4n) is 2.70. The Bertz CT molecular complexity index is 1090. The first-order valence-electron chi connectivity index (χ1n) is 8.16. The van der Waals surface area contributed by atoms with Crippen LogP contribution in [0.2, 0.25) is 0 Å². The first-order chi connectivity index (χ1) is 13.3. The third kappa shape index (κ3) is 4.09. The zero-order valence-corrected chi connectivity index (χ0v) is 14.3. The molecule has 3 aromatic rings. The number of carboxylic acids is 1. The lowest BCUT2D eigenvalue weighted by Crippen LogP contribution is -2.42. The Balaban J connectivity index is 1.80. The van der Waals surface area contributed by atoms with Crippen LogP contribution in [0.3, 0.4) is 0 Å². The number of carboxylic acid groups (broad SMARTS) is 1. The fraction of sp³-hybridized carbons (Fsp3) is 0.105. The molecule has 0 saturated heterocycles. The van der Waals surface area contributed by atoms with Crippen LogP contribution in [0.1, 0.15) is 15.9 Å². The molecule has 28 heavy (non-hydrogen) atoms. The molecule has 2 N–H and O–H groups in total. The number of nitrogens with zero attached hydrogens (tertiary/aromatic N) is 2. The number of aromatic nitrogens is 1. The molecule has 0 aliphatic heterocycles. The smallest absolute Gasteiger partial charge is 0.326 e. The number of halogens is 1. The van der Waals surface area contributed by atoms with E-state index in [1.165, 1.54) is 12.3 Å². The topological polar surface area (TPSA) is 122 Å². The molecular weight excluding hydrogens is 369 g/mol. The van der Waals surface area contributed by atoms with Crippen molar-refractivity contribution in [2.75, 3.05) is 0 Å². The minimum Gasteiger partial charge on any atom is -0.480 e. The van der Waals surface area contributed by atoms with Gasteiger partial charge in [0.2, 0.25) is 5.82 Å². The van der Waals surface area contributed by atoms with E-state index in [-0.39, 0.29) is 17.5 Å². The number of nitrogens with one attached hydrogen (secondary N) is 1. The van der Waals surface area contributed by atoms with Crippen molar-refractivity contribution in [1.29, 1.82) is 0 Å². The number of nitro benzene ring substituents is 1. The molecule has 1 amide bonds. The van der Waals surface area contributed by atoms with Crippen molar-refractivity contribution in [1.82, 2.24) is 10.3 Å². The van der Waals surface area contributed by atoms with Crippen LogP contribution in [0.4, 0.5) is 10.1 Å². The SMILES string of the molecule is O=C(N[C@@H](Cc1ccc(F)c([N+](=O)[O-])c1)C(=O)O)c1cnc2ccccc2c1. The van der Waals surface area contributed by atoms with E-state index in [2.05, 4.69) is 10.3 Å². The van der Waals surface area contributed by atoms with Crippen LogP contribution in [0.15, 0.2) is 54.7 Å². The first kappa shape index (κ1) is 18.9. The van der Waals surface area contributed by atoms with Crippen LogP contribution >= 0.6 is 0 Å². The first-order valence-corrected chi connectivity index (χ1v) is 8.16. The second kappa shape index (κ2) is 7.78. The normalized spacial score (nSPS) is 11.8. The summed E-state index contributed by atoms with van der Waals surface area (Å²) in [5.74, 6) is -3.00. The molecule has 1 heterocycles. The predicted octanol–water partition coefficient (Wildman–Crippen LogP) is 2.71. The number of amides is 1. The lowest BCUT2D eigenvalue weighted by Gasteiger charge is -2.15. The zero-order valence-electron chi connectivity index (χ0n) is 14.3. The summed E-state index contributed by atoms with van der Waals surface area (Å²) in [5.41, 5.74) is 0.312. The number of benzene rings is 2. The van der Waals surface area contributed by atoms with Gasteiger partial charge in [0.05, 0.1) is 16.0 Å². The Morgan fingerprint density at radius 3 is 2.68 bits per heavy atom. The van der Waals surface area contributed by atoms with E-state index in [0.29, 0.717) is 5.52 Å². The Morgan fingerprint density at radius 2 is 1.96 bits per heavy atom. The van der Waals surface area contributed by atoms with Gasteiger partial charge in [0.1, 0.15) is 6.04 Å². The number of fused-ring (bicyclic) bond motifs is 1. The molecule has 0 spiro atoms. The molecule has 0 unspecified atom stereocenters. The molecule has 0 aliphatic carbocycles. The molecule has 142 valence electrons. The molecule has 0 saturated carbocycles. The highest BCUT2D eigenvalue weighted by molar-refractivity contribution is 5.99. The number of hydrogen-bond donors (Lipinski definition) is 2. The maximum Gasteiger partial charge on any atom is 0.326 e. The van der Waals surface area contributed by atoms with E-state index in [4.69, 9.17) is 0 Å². The third-order valence-corrected chi connectivity index (χ3v) is 4.10. The highest BCUT2D eigenvalue weighted by atomic mass is 19.1. The average molecular weight is 383 g/mol. The Hall–Kier alpha value is -3.88. The van der Waals surface area contributed by atoms with Gasteiger partial charge in [0, 0.05) is 24.1 Å². The van der Waals surface area contributed by atoms with Gasteiger partial charge in [-0.1, -0.05) is 24.3 Å². The molecule has 9 heteroatoms. The van der Waals surface area contributed by atoms with Gasteiger partial charge in [-0.15, -0.1) is 0 Å². The van der Waals surface area contributed by atoms with Gasteiger partial charge in [0.25, 0.3) is 5.91 Å². The van der Waals surface area contributed by atoms with Gasteiger partial charge < -0.3 is 10.4 Å². The van der Waals surface area contributed by atoms with Crippen LogP contribution in [-0.4, -0.2) is 32.9 Å². The van der Waals surface area contributed by atoms with Crippen molar-refractivity contribution in [2.45, 2.75) is 12.5 Å². The summed E-state index contributed by atoms with van der Waals surface area (Å²) < 4.78 is 13.4.